The Labute approximate surface area is 116 Å². The Kier molecular flexibility index (Phi) is 4.51. The molecule has 2 heterocycles. The van der Waals surface area contributed by atoms with Crippen molar-refractivity contribution in [1.29, 1.82) is 0 Å². The molecule has 2 saturated heterocycles. The average molecular weight is 268 g/mol. The van der Waals surface area contributed by atoms with E-state index < -0.39 is 0 Å². The Morgan fingerprint density at radius 2 is 2.26 bits per heavy atom. The molecule has 0 aromatic carbocycles. The number of rotatable bonds is 5. The molecule has 0 spiro atoms. The van der Waals surface area contributed by atoms with Crippen LogP contribution >= 0.6 is 0 Å². The van der Waals surface area contributed by atoms with Crippen LogP contribution < -0.4 is 5.32 Å². The third-order valence-electron chi connectivity index (χ3n) is 4.33. The third kappa shape index (κ3) is 3.11. The molecule has 1 amide bonds. The van der Waals surface area contributed by atoms with Crippen molar-refractivity contribution in [1.82, 2.24) is 10.2 Å². The van der Waals surface area contributed by atoms with Gasteiger partial charge < -0.3 is 9.64 Å². The van der Waals surface area contributed by atoms with Crippen LogP contribution in [0, 0.1) is 5.92 Å². The quantitative estimate of drug-likeness (QED) is 0.830. The Balaban J connectivity index is 2.08. The van der Waals surface area contributed by atoms with Crippen molar-refractivity contribution in [3.05, 3.63) is 0 Å². The fraction of sp³-hybridized carbons (Fsp3) is 0.933. The zero-order valence-corrected chi connectivity index (χ0v) is 12.7. The van der Waals surface area contributed by atoms with Crippen molar-refractivity contribution in [3.8, 4) is 0 Å². The standard InChI is InChI=1S/C15H28N2O2/c1-5-7-12-16-13(11(2)3)14(18)17(12)10-15(4)8-6-9-19-15/h11-13,16H,5-10H2,1-4H3. The molecule has 2 fully saturated rings. The highest BCUT2D eigenvalue weighted by molar-refractivity contribution is 5.84. The average Bonchev–Trinajstić information content (AvgIpc) is 2.89. The Morgan fingerprint density at radius 1 is 1.53 bits per heavy atom. The first-order valence-corrected chi connectivity index (χ1v) is 7.67. The minimum atomic E-state index is -0.144. The van der Waals surface area contributed by atoms with Crippen LogP contribution in [-0.2, 0) is 9.53 Å². The van der Waals surface area contributed by atoms with Gasteiger partial charge in [-0.3, -0.25) is 10.1 Å². The van der Waals surface area contributed by atoms with Crippen LogP contribution in [0.1, 0.15) is 53.4 Å². The molecule has 2 rings (SSSR count). The molecule has 0 saturated carbocycles. The lowest BCUT2D eigenvalue weighted by molar-refractivity contribution is -0.134. The lowest BCUT2D eigenvalue weighted by Gasteiger charge is -2.32. The zero-order valence-electron chi connectivity index (χ0n) is 12.7. The van der Waals surface area contributed by atoms with Crippen molar-refractivity contribution in [2.75, 3.05) is 13.2 Å². The van der Waals surface area contributed by atoms with Gasteiger partial charge in [0.05, 0.1) is 24.4 Å². The Morgan fingerprint density at radius 3 is 2.79 bits per heavy atom. The van der Waals surface area contributed by atoms with Crippen molar-refractivity contribution < 1.29 is 9.53 Å². The second-order valence-corrected chi connectivity index (χ2v) is 6.56. The van der Waals surface area contributed by atoms with E-state index in [0.717, 1.165) is 38.8 Å². The number of amides is 1. The van der Waals surface area contributed by atoms with Gasteiger partial charge in [0.25, 0.3) is 0 Å². The second kappa shape index (κ2) is 5.80. The molecule has 2 aliphatic heterocycles. The van der Waals surface area contributed by atoms with Crippen molar-refractivity contribution in [2.24, 2.45) is 5.92 Å². The number of nitrogens with zero attached hydrogens (tertiary/aromatic N) is 1. The van der Waals surface area contributed by atoms with Gasteiger partial charge in [0.15, 0.2) is 0 Å². The van der Waals surface area contributed by atoms with Crippen LogP contribution in [-0.4, -0.2) is 41.8 Å². The lowest BCUT2D eigenvalue weighted by atomic mass is 10.0. The second-order valence-electron chi connectivity index (χ2n) is 6.56. The zero-order chi connectivity index (χ0) is 14.0. The summed E-state index contributed by atoms with van der Waals surface area (Å²) in [7, 11) is 0. The summed E-state index contributed by atoms with van der Waals surface area (Å²) in [5.41, 5.74) is -0.144. The fourth-order valence-electron chi connectivity index (χ4n) is 3.20. The monoisotopic (exact) mass is 268 g/mol. The van der Waals surface area contributed by atoms with Gasteiger partial charge in [0, 0.05) is 6.61 Å². The molecule has 4 nitrogen and oxygen atoms in total. The van der Waals surface area contributed by atoms with Crippen LogP contribution in [0.2, 0.25) is 0 Å². The number of ether oxygens (including phenoxy) is 1. The van der Waals surface area contributed by atoms with E-state index in [1.165, 1.54) is 0 Å². The van der Waals surface area contributed by atoms with Crippen molar-refractivity contribution in [3.63, 3.8) is 0 Å². The first-order valence-electron chi connectivity index (χ1n) is 7.67. The molecule has 0 radical (unpaired) electrons. The van der Waals surface area contributed by atoms with E-state index in [2.05, 4.69) is 33.0 Å². The number of hydrogen-bond donors (Lipinski definition) is 1. The van der Waals surface area contributed by atoms with Crippen LogP contribution in [0.3, 0.4) is 0 Å². The summed E-state index contributed by atoms with van der Waals surface area (Å²) in [6.07, 6.45) is 4.46. The molecule has 3 atom stereocenters. The molecule has 0 aromatic rings. The van der Waals surface area contributed by atoms with Gasteiger partial charge in [-0.25, -0.2) is 0 Å². The minimum Gasteiger partial charge on any atom is -0.373 e. The topological polar surface area (TPSA) is 41.6 Å². The van der Waals surface area contributed by atoms with E-state index in [1.54, 1.807) is 0 Å². The maximum atomic E-state index is 12.6. The molecule has 1 N–H and O–H groups in total. The SMILES string of the molecule is CCCC1NC(C(C)C)C(=O)N1CC1(C)CCCO1. The number of carbonyl (C=O) groups excluding carboxylic acids is 1. The summed E-state index contributed by atoms with van der Waals surface area (Å²) in [5, 5.41) is 3.50. The molecule has 2 aliphatic rings. The first kappa shape index (κ1) is 14.8. The Bertz CT molecular complexity index is 324. The fourth-order valence-corrected chi connectivity index (χ4v) is 3.20. The molecule has 110 valence electrons. The van der Waals surface area contributed by atoms with Gasteiger partial charge in [-0.1, -0.05) is 27.2 Å². The highest BCUT2D eigenvalue weighted by Crippen LogP contribution is 2.29. The number of carbonyl (C=O) groups is 1. The largest absolute Gasteiger partial charge is 0.373 e. The third-order valence-corrected chi connectivity index (χ3v) is 4.33. The van der Waals surface area contributed by atoms with E-state index in [1.807, 2.05) is 4.90 Å². The normalized spacial score (nSPS) is 35.6. The van der Waals surface area contributed by atoms with Gasteiger partial charge in [0.2, 0.25) is 5.91 Å². The smallest absolute Gasteiger partial charge is 0.241 e. The predicted octanol–water partition coefficient (Wildman–Crippen LogP) is 2.14. The lowest BCUT2D eigenvalue weighted by Crippen LogP contribution is -2.46. The number of hydrogen-bond acceptors (Lipinski definition) is 3. The van der Waals surface area contributed by atoms with Crippen LogP contribution in [0.15, 0.2) is 0 Å². The summed E-state index contributed by atoms with van der Waals surface area (Å²) < 4.78 is 5.85. The van der Waals surface area contributed by atoms with Gasteiger partial charge >= 0.3 is 0 Å². The predicted molar refractivity (Wildman–Crippen MR) is 75.8 cm³/mol. The maximum absolute atomic E-state index is 12.6. The molecule has 0 bridgehead atoms. The van der Waals surface area contributed by atoms with Crippen molar-refractivity contribution >= 4 is 5.91 Å². The molecule has 0 aliphatic carbocycles. The van der Waals surface area contributed by atoms with Gasteiger partial charge in [-0.15, -0.1) is 0 Å². The van der Waals surface area contributed by atoms with Gasteiger partial charge in [0.1, 0.15) is 0 Å². The highest BCUT2D eigenvalue weighted by Gasteiger charge is 2.43. The summed E-state index contributed by atoms with van der Waals surface area (Å²) in [4.78, 5) is 14.6. The van der Waals surface area contributed by atoms with E-state index >= 15 is 0 Å². The number of nitrogens with one attached hydrogen (secondary N) is 1. The summed E-state index contributed by atoms with van der Waals surface area (Å²) in [6, 6.07) is -0.0263. The van der Waals surface area contributed by atoms with E-state index in [-0.39, 0.29) is 23.7 Å². The Hall–Kier alpha value is -0.610. The summed E-state index contributed by atoms with van der Waals surface area (Å²) >= 11 is 0. The minimum absolute atomic E-state index is 0.0263. The van der Waals surface area contributed by atoms with Crippen LogP contribution in [0.4, 0.5) is 0 Å². The maximum Gasteiger partial charge on any atom is 0.241 e. The summed E-state index contributed by atoms with van der Waals surface area (Å²) in [6.45, 7) is 10.1. The molecule has 0 aromatic heterocycles. The summed E-state index contributed by atoms with van der Waals surface area (Å²) in [5.74, 6) is 0.597. The molecular weight excluding hydrogens is 240 g/mol. The van der Waals surface area contributed by atoms with Crippen LogP contribution in [0.25, 0.3) is 0 Å². The van der Waals surface area contributed by atoms with Gasteiger partial charge in [-0.2, -0.15) is 0 Å². The first-order chi connectivity index (χ1) is 8.97. The highest BCUT2D eigenvalue weighted by atomic mass is 16.5. The van der Waals surface area contributed by atoms with Crippen molar-refractivity contribution in [2.45, 2.75) is 71.2 Å². The molecule has 4 heteroatoms. The molecule has 3 unspecified atom stereocenters. The van der Waals surface area contributed by atoms with E-state index in [4.69, 9.17) is 4.74 Å². The van der Waals surface area contributed by atoms with Crippen LogP contribution in [0.5, 0.6) is 0 Å². The molecular formula is C15H28N2O2. The van der Waals surface area contributed by atoms with Gasteiger partial charge in [-0.05, 0) is 32.1 Å². The van der Waals surface area contributed by atoms with E-state index in [0.29, 0.717) is 5.92 Å². The molecule has 19 heavy (non-hydrogen) atoms. The van der Waals surface area contributed by atoms with E-state index in [9.17, 15) is 4.79 Å².